The summed E-state index contributed by atoms with van der Waals surface area (Å²) in [6.07, 6.45) is 3.40. The molecule has 0 spiro atoms. The second-order valence-corrected chi connectivity index (χ2v) is 18.4. The highest BCUT2D eigenvalue weighted by atomic mass is 19.1. The van der Waals surface area contributed by atoms with Crippen LogP contribution >= 0.6 is 0 Å². The number of amides is 10. The second-order valence-electron chi connectivity index (χ2n) is 18.4. The molecule has 0 saturated carbocycles. The van der Waals surface area contributed by atoms with Crippen molar-refractivity contribution >= 4 is 53.3 Å². The molecule has 10 amide bonds. The molecule has 0 unspecified atom stereocenters. The lowest BCUT2D eigenvalue weighted by Gasteiger charge is -2.41. The van der Waals surface area contributed by atoms with Crippen molar-refractivity contribution in [1.29, 1.82) is 0 Å². The van der Waals surface area contributed by atoms with Crippen LogP contribution < -0.4 is 37.6 Å². The second kappa shape index (κ2) is 25.9. The smallest absolute Gasteiger partial charge is 0.312 e. The minimum absolute atomic E-state index is 0.00645. The number of carbonyl (C=O) groups excluding carboxylic acids is 9. The summed E-state index contributed by atoms with van der Waals surface area (Å²) >= 11 is 0. The fourth-order valence-corrected chi connectivity index (χ4v) is 8.01. The summed E-state index contributed by atoms with van der Waals surface area (Å²) in [5.74, 6) is -7.51. The van der Waals surface area contributed by atoms with E-state index in [9.17, 15) is 52.6 Å². The molecule has 71 heavy (non-hydrogen) atoms. The largest absolute Gasteiger partial charge is 0.387 e. The molecule has 1 aliphatic rings. The molecule has 1 aliphatic heterocycles. The molecule has 4 atom stereocenters. The first-order chi connectivity index (χ1) is 33.5. The van der Waals surface area contributed by atoms with E-state index < -0.39 is 114 Å². The van der Waals surface area contributed by atoms with Gasteiger partial charge in [0, 0.05) is 74.8 Å². The van der Waals surface area contributed by atoms with Crippen LogP contribution in [-0.4, -0.2) is 130 Å². The maximum absolute atomic E-state index is 15.4. The highest BCUT2D eigenvalue weighted by Crippen LogP contribution is 2.41. The van der Waals surface area contributed by atoms with Crippen LogP contribution in [0, 0.1) is 23.0 Å². The van der Waals surface area contributed by atoms with Crippen LogP contribution in [0.25, 0.3) is 11.1 Å². The highest BCUT2D eigenvalue weighted by molar-refractivity contribution is 6.14. The van der Waals surface area contributed by atoms with Crippen LogP contribution in [0.15, 0.2) is 72.9 Å². The number of nitrogens with one attached hydrogen (secondary N) is 6. The third-order valence-electron chi connectivity index (χ3n) is 11.4. The Hall–Kier alpha value is -7.49. The monoisotopic (exact) mass is 990 g/mol. The molecule has 2 heterocycles. The first kappa shape index (κ1) is 56.1. The molecule has 0 bridgehead atoms. The summed E-state index contributed by atoms with van der Waals surface area (Å²) in [5, 5.41) is 25.9. The third-order valence-corrected chi connectivity index (χ3v) is 11.4. The topological polar surface area (TPSA) is 283 Å². The zero-order valence-corrected chi connectivity index (χ0v) is 40.7. The van der Waals surface area contributed by atoms with Gasteiger partial charge in [-0.1, -0.05) is 65.0 Å². The van der Waals surface area contributed by atoms with Gasteiger partial charge in [-0.2, -0.15) is 0 Å². The average Bonchev–Trinajstić information content (AvgIpc) is 3.85. The molecule has 0 fully saturated rings. The number of hydrogen-bond acceptors (Lipinski definition) is 10. The van der Waals surface area contributed by atoms with E-state index in [-0.39, 0.29) is 57.5 Å². The maximum Gasteiger partial charge on any atom is 0.312 e. The number of aliphatic hydroxyl groups excluding tert-OH is 1. The Morgan fingerprint density at radius 1 is 0.789 bits per heavy atom. The van der Waals surface area contributed by atoms with E-state index in [1.165, 1.54) is 11.8 Å². The van der Waals surface area contributed by atoms with E-state index in [0.29, 0.717) is 11.3 Å². The van der Waals surface area contributed by atoms with Crippen molar-refractivity contribution in [3.8, 4) is 11.1 Å². The maximum atomic E-state index is 15.4. The van der Waals surface area contributed by atoms with Gasteiger partial charge >= 0.3 is 6.03 Å². The predicted octanol–water partition coefficient (Wildman–Crippen LogP) is 1.52. The molecule has 9 N–H and O–H groups in total. The summed E-state index contributed by atoms with van der Waals surface area (Å²) in [6.45, 7) is 8.03. The zero-order chi connectivity index (χ0) is 52.6. The number of urea groups is 1. The van der Waals surface area contributed by atoms with Gasteiger partial charge in [-0.15, -0.1) is 0 Å². The van der Waals surface area contributed by atoms with E-state index in [0.717, 1.165) is 40.8 Å². The van der Waals surface area contributed by atoms with Gasteiger partial charge in [-0.3, -0.25) is 43.3 Å². The third kappa shape index (κ3) is 16.6. The fourth-order valence-electron chi connectivity index (χ4n) is 8.01. The van der Waals surface area contributed by atoms with Crippen LogP contribution in [0.5, 0.6) is 0 Å². The molecule has 1 aromatic heterocycles. The van der Waals surface area contributed by atoms with Gasteiger partial charge in [-0.25, -0.2) is 13.6 Å². The van der Waals surface area contributed by atoms with Crippen molar-refractivity contribution in [3.05, 3.63) is 95.8 Å². The fraction of sp³-hybridized carbons (Fsp3) is 0.449. The average molecular weight is 991 g/mol. The summed E-state index contributed by atoms with van der Waals surface area (Å²) in [5.41, 5.74) is 5.91. The number of rotatable bonds is 25. The molecule has 3 aromatic rings. The number of aromatic nitrogens is 1. The molecule has 22 heteroatoms. The molecule has 20 nitrogen and oxygen atoms in total. The molecular formula is C49H64F2N10O10. The first-order valence-electron chi connectivity index (χ1n) is 23.1. The van der Waals surface area contributed by atoms with E-state index in [4.69, 9.17) is 5.73 Å². The van der Waals surface area contributed by atoms with Crippen molar-refractivity contribution in [3.63, 3.8) is 0 Å². The number of halogens is 2. The molecule has 0 aliphatic carbocycles. The van der Waals surface area contributed by atoms with E-state index in [1.54, 1.807) is 30.7 Å². The molecule has 384 valence electrons. The molecule has 4 rings (SSSR count). The number of primary amides is 1. The number of benzene rings is 2. The number of aliphatic hydroxyl groups is 1. The lowest BCUT2D eigenvalue weighted by molar-refractivity contribution is -0.141. The van der Waals surface area contributed by atoms with Crippen molar-refractivity contribution in [2.75, 3.05) is 39.3 Å². The highest BCUT2D eigenvalue weighted by Gasteiger charge is 2.39. The summed E-state index contributed by atoms with van der Waals surface area (Å²) in [7, 11) is 0. The SMILES string of the molecule is CC(=O)N[C@H](C(=O)N[C@@H](CCCNC(N)=O)C(=O)N[C@@H](CCN(C(=O)CO)[C@@H](c1cc(-c2cc(F)ccc2F)cn1Cc1ccccc1)C(C)(C)C)C(=O)NCCNC(=O)CN1C(=O)C=CC1=O)C(C)C. The van der Waals surface area contributed by atoms with Gasteiger partial charge in [0.1, 0.15) is 42.9 Å². The minimum atomic E-state index is -1.48. The van der Waals surface area contributed by atoms with E-state index >= 15 is 4.39 Å². The van der Waals surface area contributed by atoms with Gasteiger partial charge in [0.2, 0.25) is 35.4 Å². The van der Waals surface area contributed by atoms with Crippen LogP contribution in [0.3, 0.4) is 0 Å². The summed E-state index contributed by atoms with van der Waals surface area (Å²) in [6, 6.07) is 8.26. The minimum Gasteiger partial charge on any atom is -0.387 e. The molecular weight excluding hydrogens is 927 g/mol. The van der Waals surface area contributed by atoms with Crippen LogP contribution in [-0.2, 0) is 44.9 Å². The predicted molar refractivity (Wildman–Crippen MR) is 256 cm³/mol. The van der Waals surface area contributed by atoms with Crippen molar-refractivity contribution in [1.82, 2.24) is 46.3 Å². The van der Waals surface area contributed by atoms with Crippen LogP contribution in [0.1, 0.15) is 78.1 Å². The molecule has 2 aromatic carbocycles. The Labute approximate surface area is 410 Å². The number of carbonyl (C=O) groups is 9. The van der Waals surface area contributed by atoms with Gasteiger partial charge in [0.25, 0.3) is 11.8 Å². The Balaban J connectivity index is 1.72. The normalized spacial score (nSPS) is 14.0. The van der Waals surface area contributed by atoms with Gasteiger partial charge in [-0.05, 0) is 60.4 Å². The standard InChI is InChI=1S/C49H64F2N10O10/c1-29(2)43(56-30(3)63)47(70)58-36(13-10-19-55-48(52)71)46(69)57-37(45(68)54-21-20-53-39(64)27-61-40(65)16-17-41(61)66)18-22-60(42(67)28-62)44(49(4,5)6)38-23-32(34-24-33(50)14-15-35(34)51)26-59(38)25-31-11-8-7-9-12-31/h7-9,11-12,14-17,23-24,26,29,36-37,43-44,62H,10,13,18-22,25,27-28H2,1-6H3,(H,53,64)(H,54,68)(H,56,63)(H,57,69)(H,58,70)(H3,52,55,71)/t36-,37-,43-,44-/m0/s1. The van der Waals surface area contributed by atoms with Crippen LogP contribution in [0.2, 0.25) is 0 Å². The molecule has 0 saturated heterocycles. The summed E-state index contributed by atoms with van der Waals surface area (Å²) in [4.78, 5) is 118. The Morgan fingerprint density at radius 3 is 2.03 bits per heavy atom. The van der Waals surface area contributed by atoms with Crippen LogP contribution in [0.4, 0.5) is 13.6 Å². The van der Waals surface area contributed by atoms with E-state index in [1.807, 2.05) is 51.1 Å². The number of nitrogens with two attached hydrogens (primary N) is 1. The van der Waals surface area contributed by atoms with Crippen molar-refractivity contribution in [2.24, 2.45) is 17.1 Å². The lowest BCUT2D eigenvalue weighted by Crippen LogP contribution is -2.58. The summed E-state index contributed by atoms with van der Waals surface area (Å²) < 4.78 is 31.8. The van der Waals surface area contributed by atoms with Gasteiger partial charge in [0.05, 0.1) is 6.04 Å². The number of hydrogen-bond donors (Lipinski definition) is 8. The Kier molecular flexibility index (Phi) is 20.5. The van der Waals surface area contributed by atoms with Crippen molar-refractivity contribution in [2.45, 2.75) is 91.5 Å². The Morgan fingerprint density at radius 2 is 1.42 bits per heavy atom. The lowest BCUT2D eigenvalue weighted by atomic mass is 9.82. The zero-order valence-electron chi connectivity index (χ0n) is 40.7. The number of imide groups is 1. The van der Waals surface area contributed by atoms with Crippen molar-refractivity contribution < 1.29 is 57.0 Å². The van der Waals surface area contributed by atoms with Gasteiger partial charge < -0.3 is 52.2 Å². The first-order valence-corrected chi connectivity index (χ1v) is 23.1. The Bertz CT molecular complexity index is 2440. The molecule has 0 radical (unpaired) electrons. The number of nitrogens with zero attached hydrogens (tertiary/aromatic N) is 3. The van der Waals surface area contributed by atoms with E-state index in [2.05, 4.69) is 31.9 Å². The van der Waals surface area contributed by atoms with Gasteiger partial charge in [0.15, 0.2) is 0 Å². The quantitative estimate of drug-likeness (QED) is 0.0448.